The van der Waals surface area contributed by atoms with E-state index in [4.69, 9.17) is 0 Å². The average Bonchev–Trinajstić information content (AvgIpc) is 3.25. The van der Waals surface area contributed by atoms with E-state index >= 15 is 0 Å². The molecule has 0 bridgehead atoms. The Hall–Kier alpha value is -1.86. The van der Waals surface area contributed by atoms with Gasteiger partial charge in [-0.1, -0.05) is 0 Å². The van der Waals surface area contributed by atoms with Gasteiger partial charge in [-0.15, -0.1) is 11.3 Å². The van der Waals surface area contributed by atoms with Crippen molar-refractivity contribution in [2.24, 2.45) is 5.92 Å². The van der Waals surface area contributed by atoms with Gasteiger partial charge < -0.3 is 15.5 Å². The van der Waals surface area contributed by atoms with Gasteiger partial charge in [-0.2, -0.15) is 5.10 Å². The quantitative estimate of drug-likeness (QED) is 0.807. The molecule has 6 nitrogen and oxygen atoms in total. The molecule has 0 saturated heterocycles. The highest BCUT2D eigenvalue weighted by Gasteiger charge is 2.21. The molecule has 0 spiro atoms. The van der Waals surface area contributed by atoms with E-state index in [9.17, 15) is 4.79 Å². The van der Waals surface area contributed by atoms with E-state index < -0.39 is 0 Å². The smallest absolute Gasteiger partial charge is 0.224 e. The van der Waals surface area contributed by atoms with Crippen LogP contribution in [0.2, 0.25) is 0 Å². The van der Waals surface area contributed by atoms with Gasteiger partial charge in [0.05, 0.1) is 6.20 Å². The second-order valence-electron chi connectivity index (χ2n) is 6.53. The van der Waals surface area contributed by atoms with Crippen molar-refractivity contribution in [3.05, 3.63) is 34.2 Å². The number of nitrogens with one attached hydrogen (secondary N) is 2. The summed E-state index contributed by atoms with van der Waals surface area (Å²) in [4.78, 5) is 15.8. The van der Waals surface area contributed by atoms with Crippen LogP contribution in [0.5, 0.6) is 0 Å². The summed E-state index contributed by atoms with van der Waals surface area (Å²) in [6.45, 7) is 5.19. The Morgan fingerprint density at radius 3 is 3.38 bits per heavy atom. The first-order valence-corrected chi connectivity index (χ1v) is 9.47. The van der Waals surface area contributed by atoms with Gasteiger partial charge in [0.15, 0.2) is 0 Å². The molecule has 7 heteroatoms. The van der Waals surface area contributed by atoms with Crippen molar-refractivity contribution >= 4 is 23.1 Å². The van der Waals surface area contributed by atoms with E-state index in [-0.39, 0.29) is 5.91 Å². The number of hydrogen-bond acceptors (Lipinski definition) is 5. The highest BCUT2D eigenvalue weighted by Crippen LogP contribution is 2.24. The first-order valence-electron chi connectivity index (χ1n) is 8.59. The Kier molecular flexibility index (Phi) is 4.53. The van der Waals surface area contributed by atoms with Crippen LogP contribution in [0, 0.1) is 5.92 Å². The minimum Gasteiger partial charge on any atom is -0.370 e. The van der Waals surface area contributed by atoms with Gasteiger partial charge in [-0.05, 0) is 23.4 Å². The first kappa shape index (κ1) is 15.7. The van der Waals surface area contributed by atoms with Crippen LogP contribution >= 0.6 is 11.3 Å². The molecule has 0 radical (unpaired) electrons. The standard InChI is InChI=1S/C17H23N5OS/c23-17(21-7-3-15-14(12-21)4-8-24-15)2-5-18-9-13-10-19-16-1-6-20-22(16)11-13/h1,4,6,8,13,18-19H,2-3,5,7,9-12H2/t13-/m1/s1. The third-order valence-electron chi connectivity index (χ3n) is 4.83. The molecular formula is C17H23N5OS. The summed E-state index contributed by atoms with van der Waals surface area (Å²) in [7, 11) is 0. The third kappa shape index (κ3) is 3.32. The molecule has 2 aliphatic rings. The van der Waals surface area contributed by atoms with E-state index in [0.717, 1.165) is 51.5 Å². The van der Waals surface area contributed by atoms with Crippen molar-refractivity contribution in [2.75, 3.05) is 31.5 Å². The summed E-state index contributed by atoms with van der Waals surface area (Å²) in [5, 5.41) is 13.3. The van der Waals surface area contributed by atoms with Crippen LogP contribution in [0.15, 0.2) is 23.7 Å². The fourth-order valence-electron chi connectivity index (χ4n) is 3.44. The number of carbonyl (C=O) groups is 1. The van der Waals surface area contributed by atoms with Gasteiger partial charge in [0.2, 0.25) is 5.91 Å². The number of thiophene rings is 1. The lowest BCUT2D eigenvalue weighted by Crippen LogP contribution is -2.39. The Morgan fingerprint density at radius 1 is 1.46 bits per heavy atom. The normalized spacial score (nSPS) is 19.5. The van der Waals surface area contributed by atoms with Gasteiger partial charge in [0.1, 0.15) is 5.82 Å². The van der Waals surface area contributed by atoms with E-state index in [1.165, 1.54) is 10.4 Å². The molecular weight excluding hydrogens is 322 g/mol. The van der Waals surface area contributed by atoms with Crippen LogP contribution in [0.3, 0.4) is 0 Å². The zero-order valence-corrected chi connectivity index (χ0v) is 14.5. The molecule has 4 heterocycles. The molecule has 2 aliphatic heterocycles. The Bertz CT molecular complexity index is 709. The highest BCUT2D eigenvalue weighted by molar-refractivity contribution is 7.10. The van der Waals surface area contributed by atoms with Crippen LogP contribution in [-0.4, -0.2) is 46.8 Å². The fraction of sp³-hybridized carbons (Fsp3) is 0.529. The van der Waals surface area contributed by atoms with Crippen LogP contribution in [0.1, 0.15) is 16.9 Å². The molecule has 24 heavy (non-hydrogen) atoms. The monoisotopic (exact) mass is 345 g/mol. The number of amides is 1. The maximum atomic E-state index is 12.4. The minimum atomic E-state index is 0.260. The summed E-state index contributed by atoms with van der Waals surface area (Å²) < 4.78 is 2.01. The minimum absolute atomic E-state index is 0.260. The molecule has 2 aromatic rings. The van der Waals surface area contributed by atoms with E-state index in [2.05, 4.69) is 27.2 Å². The summed E-state index contributed by atoms with van der Waals surface area (Å²) in [6.07, 6.45) is 3.41. The fourth-order valence-corrected chi connectivity index (χ4v) is 4.33. The molecule has 1 atom stereocenters. The maximum absolute atomic E-state index is 12.4. The lowest BCUT2D eigenvalue weighted by molar-refractivity contribution is -0.132. The van der Waals surface area contributed by atoms with Crippen molar-refractivity contribution < 1.29 is 4.79 Å². The predicted octanol–water partition coefficient (Wildman–Crippen LogP) is 1.55. The Morgan fingerprint density at radius 2 is 2.42 bits per heavy atom. The molecule has 4 rings (SSSR count). The van der Waals surface area contributed by atoms with E-state index in [1.54, 1.807) is 0 Å². The SMILES string of the molecule is O=C(CCNC[C@@H]1CNc2ccnn2C1)N1CCc2sccc2C1. The van der Waals surface area contributed by atoms with E-state index in [1.807, 2.05) is 33.2 Å². The zero-order chi connectivity index (χ0) is 16.4. The van der Waals surface area contributed by atoms with Crippen molar-refractivity contribution in [1.82, 2.24) is 20.0 Å². The molecule has 0 saturated carbocycles. The number of rotatable bonds is 5. The van der Waals surface area contributed by atoms with Crippen LogP contribution < -0.4 is 10.6 Å². The summed E-state index contributed by atoms with van der Waals surface area (Å²) in [5.74, 6) is 1.87. The second-order valence-corrected chi connectivity index (χ2v) is 7.53. The third-order valence-corrected chi connectivity index (χ3v) is 5.85. The van der Waals surface area contributed by atoms with Gasteiger partial charge >= 0.3 is 0 Å². The predicted molar refractivity (Wildman–Crippen MR) is 95.1 cm³/mol. The van der Waals surface area contributed by atoms with Gasteiger partial charge in [0, 0.05) is 62.6 Å². The Balaban J connectivity index is 1.18. The molecule has 128 valence electrons. The maximum Gasteiger partial charge on any atom is 0.224 e. The average molecular weight is 345 g/mol. The topological polar surface area (TPSA) is 62.2 Å². The first-order chi connectivity index (χ1) is 11.8. The molecule has 0 unspecified atom stereocenters. The largest absolute Gasteiger partial charge is 0.370 e. The molecule has 0 aliphatic carbocycles. The van der Waals surface area contributed by atoms with Crippen LogP contribution in [-0.2, 0) is 24.3 Å². The zero-order valence-electron chi connectivity index (χ0n) is 13.7. The molecule has 1 amide bonds. The van der Waals surface area contributed by atoms with Gasteiger partial charge in [0.25, 0.3) is 0 Å². The number of aromatic nitrogens is 2. The highest BCUT2D eigenvalue weighted by atomic mass is 32.1. The van der Waals surface area contributed by atoms with Gasteiger partial charge in [-0.25, -0.2) is 4.68 Å². The van der Waals surface area contributed by atoms with Crippen molar-refractivity contribution in [3.63, 3.8) is 0 Å². The van der Waals surface area contributed by atoms with Crippen molar-refractivity contribution in [3.8, 4) is 0 Å². The number of anilines is 1. The summed E-state index contributed by atoms with van der Waals surface area (Å²) >= 11 is 1.81. The molecule has 2 aromatic heterocycles. The summed E-state index contributed by atoms with van der Waals surface area (Å²) in [6, 6.07) is 4.15. The molecule has 0 fully saturated rings. The van der Waals surface area contributed by atoms with Crippen molar-refractivity contribution in [1.29, 1.82) is 0 Å². The lowest BCUT2D eigenvalue weighted by Gasteiger charge is -2.27. The number of fused-ring (bicyclic) bond motifs is 2. The summed E-state index contributed by atoms with van der Waals surface area (Å²) in [5.41, 5.74) is 1.33. The number of nitrogens with zero attached hydrogens (tertiary/aromatic N) is 3. The molecule has 2 N–H and O–H groups in total. The number of carbonyl (C=O) groups excluding carboxylic acids is 1. The molecule has 0 aromatic carbocycles. The van der Waals surface area contributed by atoms with Crippen LogP contribution in [0.4, 0.5) is 5.82 Å². The van der Waals surface area contributed by atoms with E-state index in [0.29, 0.717) is 12.3 Å². The number of hydrogen-bond donors (Lipinski definition) is 2. The van der Waals surface area contributed by atoms with Crippen molar-refractivity contribution in [2.45, 2.75) is 25.9 Å². The Labute approximate surface area is 145 Å². The lowest BCUT2D eigenvalue weighted by atomic mass is 10.1. The van der Waals surface area contributed by atoms with Crippen LogP contribution in [0.25, 0.3) is 0 Å². The van der Waals surface area contributed by atoms with Gasteiger partial charge in [-0.3, -0.25) is 4.79 Å². The second kappa shape index (κ2) is 6.94.